The molecule has 3 aromatic rings. The topological polar surface area (TPSA) is 53.6 Å². The quantitative estimate of drug-likeness (QED) is 0.806. The number of fused-ring (bicyclic) bond motifs is 1. The first-order valence-electron chi connectivity index (χ1n) is 7.88. The SMILES string of the molecule is N#Cc1cccc2c1C=C(c1ccc(Cn3cccn3)cc1)NC2. The smallest absolute Gasteiger partial charge is 0.0998 e. The Labute approximate surface area is 140 Å². The van der Waals surface area contributed by atoms with Crippen LogP contribution in [-0.2, 0) is 13.1 Å². The maximum absolute atomic E-state index is 9.30. The Morgan fingerprint density at radius 3 is 2.75 bits per heavy atom. The van der Waals surface area contributed by atoms with Crippen molar-refractivity contribution < 1.29 is 0 Å². The van der Waals surface area contributed by atoms with Crippen LogP contribution in [0, 0.1) is 11.3 Å². The van der Waals surface area contributed by atoms with E-state index in [1.165, 1.54) is 5.56 Å². The zero-order valence-electron chi connectivity index (χ0n) is 13.1. The number of aromatic nitrogens is 2. The van der Waals surface area contributed by atoms with E-state index in [9.17, 15) is 5.26 Å². The van der Waals surface area contributed by atoms with Crippen LogP contribution in [-0.4, -0.2) is 9.78 Å². The third-order valence-electron chi connectivity index (χ3n) is 4.24. The van der Waals surface area contributed by atoms with Gasteiger partial charge in [0.05, 0.1) is 18.2 Å². The van der Waals surface area contributed by atoms with E-state index in [1.807, 2.05) is 29.1 Å². The van der Waals surface area contributed by atoms with E-state index in [1.54, 1.807) is 6.20 Å². The van der Waals surface area contributed by atoms with Crippen LogP contribution in [0.15, 0.2) is 60.9 Å². The third kappa shape index (κ3) is 2.68. The summed E-state index contributed by atoms with van der Waals surface area (Å²) in [6, 6.07) is 18.5. The lowest BCUT2D eigenvalue weighted by molar-refractivity contribution is 0.687. The summed E-state index contributed by atoms with van der Waals surface area (Å²) in [7, 11) is 0. The second-order valence-electron chi connectivity index (χ2n) is 5.80. The van der Waals surface area contributed by atoms with Crippen LogP contribution in [0.2, 0.25) is 0 Å². The molecule has 0 saturated carbocycles. The van der Waals surface area contributed by atoms with Crippen molar-refractivity contribution in [2.75, 3.05) is 0 Å². The molecule has 0 amide bonds. The monoisotopic (exact) mass is 312 g/mol. The molecule has 0 atom stereocenters. The molecule has 0 radical (unpaired) electrons. The molecule has 0 aliphatic carbocycles. The number of nitrogens with one attached hydrogen (secondary N) is 1. The van der Waals surface area contributed by atoms with Crippen molar-refractivity contribution in [2.24, 2.45) is 0 Å². The lowest BCUT2D eigenvalue weighted by Gasteiger charge is -2.20. The maximum Gasteiger partial charge on any atom is 0.0998 e. The lowest BCUT2D eigenvalue weighted by Crippen LogP contribution is -2.17. The van der Waals surface area contributed by atoms with Crippen molar-refractivity contribution in [2.45, 2.75) is 13.1 Å². The molecule has 0 fully saturated rings. The molecule has 116 valence electrons. The van der Waals surface area contributed by atoms with Gasteiger partial charge >= 0.3 is 0 Å². The summed E-state index contributed by atoms with van der Waals surface area (Å²) in [6.45, 7) is 1.51. The van der Waals surface area contributed by atoms with Crippen LogP contribution in [0.5, 0.6) is 0 Å². The molecule has 24 heavy (non-hydrogen) atoms. The zero-order valence-corrected chi connectivity index (χ0v) is 13.1. The number of hydrogen-bond donors (Lipinski definition) is 1. The van der Waals surface area contributed by atoms with Gasteiger partial charge in [0.15, 0.2) is 0 Å². The Morgan fingerprint density at radius 1 is 1.12 bits per heavy atom. The Hall–Kier alpha value is -3.32. The predicted octanol–water partition coefficient (Wildman–Crippen LogP) is 3.40. The molecule has 1 aliphatic heterocycles. The predicted molar refractivity (Wildman–Crippen MR) is 93.6 cm³/mol. The van der Waals surface area contributed by atoms with Crippen LogP contribution < -0.4 is 5.32 Å². The normalized spacial score (nSPS) is 12.7. The first-order valence-corrected chi connectivity index (χ1v) is 7.88. The summed E-state index contributed by atoms with van der Waals surface area (Å²) in [5.41, 5.74) is 6.29. The Bertz CT molecular complexity index is 929. The van der Waals surface area contributed by atoms with Gasteiger partial charge in [0, 0.05) is 24.6 Å². The summed E-state index contributed by atoms with van der Waals surface area (Å²) in [5.74, 6) is 0. The van der Waals surface area contributed by atoms with Crippen molar-refractivity contribution in [1.82, 2.24) is 15.1 Å². The molecule has 1 N–H and O–H groups in total. The molecule has 4 nitrogen and oxygen atoms in total. The molecular formula is C20H16N4. The first kappa shape index (κ1) is 14.3. The van der Waals surface area contributed by atoms with Gasteiger partial charge in [0.25, 0.3) is 0 Å². The van der Waals surface area contributed by atoms with Crippen molar-refractivity contribution in [3.8, 4) is 6.07 Å². The lowest BCUT2D eigenvalue weighted by atomic mass is 9.95. The van der Waals surface area contributed by atoms with Crippen LogP contribution >= 0.6 is 0 Å². The van der Waals surface area contributed by atoms with Gasteiger partial charge in [-0.15, -0.1) is 0 Å². The molecule has 4 rings (SSSR count). The maximum atomic E-state index is 9.30. The van der Waals surface area contributed by atoms with Gasteiger partial charge < -0.3 is 5.32 Å². The highest BCUT2D eigenvalue weighted by atomic mass is 15.3. The van der Waals surface area contributed by atoms with Crippen molar-refractivity contribution in [1.29, 1.82) is 5.26 Å². The Morgan fingerprint density at radius 2 is 2.00 bits per heavy atom. The fourth-order valence-electron chi connectivity index (χ4n) is 2.98. The summed E-state index contributed by atoms with van der Waals surface area (Å²) in [6.07, 6.45) is 5.81. The third-order valence-corrected chi connectivity index (χ3v) is 4.24. The average molecular weight is 312 g/mol. The van der Waals surface area contributed by atoms with E-state index in [0.717, 1.165) is 41.0 Å². The van der Waals surface area contributed by atoms with Crippen LogP contribution in [0.1, 0.15) is 27.8 Å². The molecule has 0 unspecified atom stereocenters. The standard InChI is InChI=1S/C20H16N4/c21-12-17-3-1-4-18-13-22-20(11-19(17)18)16-7-5-15(6-8-16)14-24-10-2-9-23-24/h1-11,22H,13-14H2. The molecule has 1 aromatic heterocycles. The second kappa shape index (κ2) is 6.05. The first-order chi connectivity index (χ1) is 11.8. The average Bonchev–Trinajstić information content (AvgIpc) is 3.14. The number of hydrogen-bond acceptors (Lipinski definition) is 3. The Kier molecular flexibility index (Phi) is 3.60. The van der Waals surface area contributed by atoms with E-state index in [4.69, 9.17) is 0 Å². The van der Waals surface area contributed by atoms with Gasteiger partial charge in [-0.1, -0.05) is 36.4 Å². The molecule has 1 aliphatic rings. The summed E-state index contributed by atoms with van der Waals surface area (Å²) >= 11 is 0. The minimum Gasteiger partial charge on any atom is -0.380 e. The summed E-state index contributed by atoms with van der Waals surface area (Å²) in [5, 5.41) is 17.0. The van der Waals surface area contributed by atoms with Crippen LogP contribution in [0.4, 0.5) is 0 Å². The van der Waals surface area contributed by atoms with Gasteiger partial charge in [-0.3, -0.25) is 4.68 Å². The van der Waals surface area contributed by atoms with E-state index in [-0.39, 0.29) is 0 Å². The highest BCUT2D eigenvalue weighted by Crippen LogP contribution is 2.26. The molecule has 0 spiro atoms. The molecule has 2 heterocycles. The summed E-state index contributed by atoms with van der Waals surface area (Å²) < 4.78 is 1.91. The fraction of sp³-hybridized carbons (Fsp3) is 0.100. The van der Waals surface area contributed by atoms with Gasteiger partial charge in [-0.05, 0) is 40.5 Å². The van der Waals surface area contributed by atoms with Gasteiger partial charge in [0.2, 0.25) is 0 Å². The van der Waals surface area contributed by atoms with Gasteiger partial charge in [0.1, 0.15) is 0 Å². The van der Waals surface area contributed by atoms with E-state index >= 15 is 0 Å². The molecule has 0 saturated heterocycles. The van der Waals surface area contributed by atoms with Gasteiger partial charge in [-0.2, -0.15) is 10.4 Å². The number of nitrogens with zero attached hydrogens (tertiary/aromatic N) is 3. The summed E-state index contributed by atoms with van der Waals surface area (Å²) in [4.78, 5) is 0. The minimum absolute atomic E-state index is 0.724. The molecular weight excluding hydrogens is 296 g/mol. The van der Waals surface area contributed by atoms with E-state index in [0.29, 0.717) is 0 Å². The number of rotatable bonds is 3. The molecule has 4 heteroatoms. The van der Waals surface area contributed by atoms with Crippen LogP contribution in [0.25, 0.3) is 11.8 Å². The van der Waals surface area contributed by atoms with Crippen LogP contribution in [0.3, 0.4) is 0 Å². The zero-order chi connectivity index (χ0) is 16.4. The number of benzene rings is 2. The second-order valence-corrected chi connectivity index (χ2v) is 5.80. The van der Waals surface area contributed by atoms with E-state index in [2.05, 4.69) is 52.9 Å². The van der Waals surface area contributed by atoms with Crippen molar-refractivity contribution in [3.63, 3.8) is 0 Å². The van der Waals surface area contributed by atoms with Crippen molar-refractivity contribution in [3.05, 3.63) is 88.7 Å². The van der Waals surface area contributed by atoms with Gasteiger partial charge in [-0.25, -0.2) is 0 Å². The fourth-order valence-corrected chi connectivity index (χ4v) is 2.98. The van der Waals surface area contributed by atoms with Crippen molar-refractivity contribution >= 4 is 11.8 Å². The largest absolute Gasteiger partial charge is 0.380 e. The minimum atomic E-state index is 0.724. The molecule has 0 bridgehead atoms. The Balaban J connectivity index is 1.62. The number of nitriles is 1. The molecule has 2 aromatic carbocycles. The van der Waals surface area contributed by atoms with E-state index < -0.39 is 0 Å². The highest BCUT2D eigenvalue weighted by molar-refractivity contribution is 5.84. The highest BCUT2D eigenvalue weighted by Gasteiger charge is 2.14.